The van der Waals surface area contributed by atoms with E-state index >= 15 is 0 Å². The molecule has 1 saturated heterocycles. The van der Waals surface area contributed by atoms with E-state index in [0.717, 1.165) is 21.8 Å². The Hall–Kier alpha value is -3.40. The molecule has 1 aromatic heterocycles. The number of rotatable bonds is 6. The molecule has 3 aromatic rings. The number of Topliss-reactive ketones (excluding diaryl/α,β-unsaturated/α-hetero) is 1. The van der Waals surface area contributed by atoms with Gasteiger partial charge < -0.3 is 14.6 Å². The van der Waals surface area contributed by atoms with Crippen LogP contribution in [0.15, 0.2) is 42.0 Å². The Morgan fingerprint density at radius 1 is 1.16 bits per heavy atom. The van der Waals surface area contributed by atoms with Crippen molar-refractivity contribution in [2.24, 2.45) is 0 Å². The van der Waals surface area contributed by atoms with E-state index in [1.54, 1.807) is 51.1 Å². The van der Waals surface area contributed by atoms with Gasteiger partial charge in [-0.3, -0.25) is 14.5 Å². The molecule has 1 atom stereocenters. The summed E-state index contributed by atoms with van der Waals surface area (Å²) in [6.07, 6.45) is 0. The van der Waals surface area contributed by atoms with Crippen molar-refractivity contribution in [2.45, 2.75) is 26.8 Å². The summed E-state index contributed by atoms with van der Waals surface area (Å²) in [6, 6.07) is 8.38. The molecule has 1 unspecified atom stereocenters. The molecular formula is C26H22Cl2N2O6S. The van der Waals surface area contributed by atoms with Gasteiger partial charge in [0, 0.05) is 15.6 Å². The van der Waals surface area contributed by atoms with E-state index in [4.69, 9.17) is 32.7 Å². The molecule has 0 saturated carbocycles. The number of aromatic nitrogens is 1. The van der Waals surface area contributed by atoms with Crippen LogP contribution in [0.1, 0.15) is 45.0 Å². The topological polar surface area (TPSA) is 106 Å². The first-order valence-electron chi connectivity index (χ1n) is 11.1. The lowest BCUT2D eigenvalue weighted by molar-refractivity contribution is -0.132. The number of aliphatic hydroxyl groups excluding tert-OH is 1. The van der Waals surface area contributed by atoms with Crippen molar-refractivity contribution >= 4 is 63.1 Å². The van der Waals surface area contributed by atoms with Crippen LogP contribution >= 0.6 is 34.5 Å². The first kappa shape index (κ1) is 26.7. The Bertz CT molecular complexity index is 1470. The molecule has 0 aliphatic carbocycles. The maximum Gasteiger partial charge on any atom is 0.350 e. The average molecular weight is 561 g/mol. The molecule has 1 fully saturated rings. The molecule has 2 heterocycles. The third kappa shape index (κ3) is 4.82. The van der Waals surface area contributed by atoms with Crippen LogP contribution in [0.5, 0.6) is 5.75 Å². The number of ketones is 1. The molecule has 192 valence electrons. The van der Waals surface area contributed by atoms with Gasteiger partial charge in [-0.15, -0.1) is 0 Å². The SMILES string of the molecule is CCOC(=O)c1sc(N2C(=O)C(=O)/C(=C(/O)c3ccc(OC)c(C)c3)C2c2ccc(Cl)cc2Cl)nc1C. The molecule has 4 rings (SSSR count). The zero-order valence-corrected chi connectivity index (χ0v) is 22.6. The summed E-state index contributed by atoms with van der Waals surface area (Å²) in [5.74, 6) is -2.23. The maximum absolute atomic E-state index is 13.4. The number of carbonyl (C=O) groups is 3. The molecule has 37 heavy (non-hydrogen) atoms. The van der Waals surface area contributed by atoms with Gasteiger partial charge in [0.05, 0.1) is 31.0 Å². The van der Waals surface area contributed by atoms with Gasteiger partial charge in [-0.2, -0.15) is 0 Å². The number of hydrogen-bond donors (Lipinski definition) is 1. The summed E-state index contributed by atoms with van der Waals surface area (Å²) < 4.78 is 10.4. The van der Waals surface area contributed by atoms with Crippen LogP contribution in [-0.2, 0) is 14.3 Å². The summed E-state index contributed by atoms with van der Waals surface area (Å²) >= 11 is 13.5. The zero-order chi connectivity index (χ0) is 27.0. The van der Waals surface area contributed by atoms with Crippen LogP contribution in [0.3, 0.4) is 0 Å². The Kier molecular flexibility index (Phi) is 7.59. The number of thiazole rings is 1. The number of carbonyl (C=O) groups excluding carboxylic acids is 3. The molecule has 1 aliphatic heterocycles. The largest absolute Gasteiger partial charge is 0.507 e. The number of anilines is 1. The fourth-order valence-electron chi connectivity index (χ4n) is 4.10. The van der Waals surface area contributed by atoms with Crippen molar-refractivity contribution in [1.82, 2.24) is 4.98 Å². The normalized spacial score (nSPS) is 16.8. The predicted octanol–water partition coefficient (Wildman–Crippen LogP) is 5.88. The third-order valence-corrected chi connectivity index (χ3v) is 7.52. The number of amides is 1. The molecule has 2 aromatic carbocycles. The molecule has 8 nitrogen and oxygen atoms in total. The highest BCUT2D eigenvalue weighted by atomic mass is 35.5. The first-order chi connectivity index (χ1) is 17.6. The minimum atomic E-state index is -1.13. The van der Waals surface area contributed by atoms with Crippen molar-refractivity contribution in [3.63, 3.8) is 0 Å². The van der Waals surface area contributed by atoms with E-state index in [9.17, 15) is 19.5 Å². The summed E-state index contributed by atoms with van der Waals surface area (Å²) in [7, 11) is 1.52. The van der Waals surface area contributed by atoms with Crippen molar-refractivity contribution in [3.8, 4) is 5.75 Å². The standard InChI is InChI=1S/C26H22Cl2N2O6S/c1-5-36-25(34)23-13(3)29-26(37-23)30-20(16-8-7-15(27)11-17(16)28)19(22(32)24(30)33)21(31)14-6-9-18(35-4)12(2)10-14/h6-11,20,31H,5H2,1-4H3/b21-19+. The van der Waals surface area contributed by atoms with Gasteiger partial charge >= 0.3 is 11.9 Å². The minimum absolute atomic E-state index is 0.0867. The monoisotopic (exact) mass is 560 g/mol. The molecule has 0 bridgehead atoms. The number of hydrogen-bond acceptors (Lipinski definition) is 8. The number of aliphatic hydroxyl groups is 1. The summed E-state index contributed by atoms with van der Waals surface area (Å²) in [4.78, 5) is 44.9. The molecule has 0 radical (unpaired) electrons. The number of nitrogens with zero attached hydrogens (tertiary/aromatic N) is 2. The summed E-state index contributed by atoms with van der Waals surface area (Å²) in [5, 5.41) is 12.0. The summed E-state index contributed by atoms with van der Waals surface area (Å²) in [6.45, 7) is 5.24. The lowest BCUT2D eigenvalue weighted by atomic mass is 9.95. The van der Waals surface area contributed by atoms with Crippen molar-refractivity contribution < 1.29 is 29.0 Å². The van der Waals surface area contributed by atoms with E-state index in [1.165, 1.54) is 13.2 Å². The second-order valence-electron chi connectivity index (χ2n) is 8.15. The number of ether oxygens (including phenoxy) is 2. The Morgan fingerprint density at radius 3 is 2.51 bits per heavy atom. The van der Waals surface area contributed by atoms with E-state index < -0.39 is 23.7 Å². The second-order valence-corrected chi connectivity index (χ2v) is 9.97. The van der Waals surface area contributed by atoms with Crippen LogP contribution in [-0.4, -0.2) is 41.5 Å². The van der Waals surface area contributed by atoms with E-state index in [1.807, 2.05) is 0 Å². The van der Waals surface area contributed by atoms with E-state index in [0.29, 0.717) is 27.6 Å². The zero-order valence-electron chi connectivity index (χ0n) is 20.3. The number of esters is 1. The van der Waals surface area contributed by atoms with Gasteiger partial charge in [-0.05, 0) is 62.2 Å². The quantitative estimate of drug-likeness (QED) is 0.173. The Labute approximate surface area is 227 Å². The molecule has 11 heteroatoms. The highest BCUT2D eigenvalue weighted by molar-refractivity contribution is 7.17. The van der Waals surface area contributed by atoms with Crippen LogP contribution in [0.4, 0.5) is 5.13 Å². The third-order valence-electron chi connectivity index (χ3n) is 5.82. The van der Waals surface area contributed by atoms with Crippen LogP contribution in [0.2, 0.25) is 10.0 Å². The smallest absolute Gasteiger partial charge is 0.350 e. The average Bonchev–Trinajstić information content (AvgIpc) is 3.35. The molecule has 1 N–H and O–H groups in total. The molecular weight excluding hydrogens is 539 g/mol. The second kappa shape index (κ2) is 10.5. The van der Waals surface area contributed by atoms with Crippen LogP contribution in [0, 0.1) is 13.8 Å². The van der Waals surface area contributed by atoms with Gasteiger partial charge in [-0.1, -0.05) is 40.6 Å². The van der Waals surface area contributed by atoms with Crippen molar-refractivity contribution in [3.05, 3.63) is 79.3 Å². The number of benzene rings is 2. The first-order valence-corrected chi connectivity index (χ1v) is 12.7. The van der Waals surface area contributed by atoms with Gasteiger partial charge in [0.25, 0.3) is 5.78 Å². The van der Waals surface area contributed by atoms with Gasteiger partial charge in [-0.25, -0.2) is 9.78 Å². The highest BCUT2D eigenvalue weighted by Crippen LogP contribution is 2.46. The maximum atomic E-state index is 13.4. The summed E-state index contributed by atoms with van der Waals surface area (Å²) in [5.41, 5.74) is 1.55. The lowest BCUT2D eigenvalue weighted by Crippen LogP contribution is -2.29. The predicted molar refractivity (Wildman–Crippen MR) is 142 cm³/mol. The number of aryl methyl sites for hydroxylation is 2. The number of halogens is 2. The van der Waals surface area contributed by atoms with Crippen LogP contribution < -0.4 is 9.64 Å². The Balaban J connectivity index is 1.95. The van der Waals surface area contributed by atoms with E-state index in [-0.39, 0.29) is 33.0 Å². The van der Waals surface area contributed by atoms with Crippen molar-refractivity contribution in [1.29, 1.82) is 0 Å². The highest BCUT2D eigenvalue weighted by Gasteiger charge is 2.49. The van der Waals surface area contributed by atoms with Crippen LogP contribution in [0.25, 0.3) is 5.76 Å². The van der Waals surface area contributed by atoms with Gasteiger partial charge in [0.2, 0.25) is 0 Å². The van der Waals surface area contributed by atoms with Gasteiger partial charge in [0.1, 0.15) is 16.4 Å². The number of methoxy groups -OCH3 is 1. The van der Waals surface area contributed by atoms with E-state index in [2.05, 4.69) is 4.98 Å². The lowest BCUT2D eigenvalue weighted by Gasteiger charge is -2.24. The fraction of sp³-hybridized carbons (Fsp3) is 0.231. The molecule has 1 amide bonds. The Morgan fingerprint density at radius 2 is 1.89 bits per heavy atom. The van der Waals surface area contributed by atoms with Crippen molar-refractivity contribution in [2.75, 3.05) is 18.6 Å². The van der Waals surface area contributed by atoms with Gasteiger partial charge in [0.15, 0.2) is 5.13 Å². The minimum Gasteiger partial charge on any atom is -0.507 e. The molecule has 0 spiro atoms. The fourth-order valence-corrected chi connectivity index (χ4v) is 5.60. The molecule has 1 aliphatic rings.